The highest BCUT2D eigenvalue weighted by atomic mass is 32.1. The van der Waals surface area contributed by atoms with Gasteiger partial charge >= 0.3 is 0 Å². The molecule has 0 unspecified atom stereocenters. The maximum Gasteiger partial charge on any atom is 0.181 e. The molecular weight excluding hydrogens is 272 g/mol. The number of rotatable bonds is 3. The van der Waals surface area contributed by atoms with Gasteiger partial charge in [-0.3, -0.25) is 0 Å². The normalized spacial score (nSPS) is 10.9. The molecule has 1 aromatic carbocycles. The maximum absolute atomic E-state index is 5.73. The fourth-order valence-corrected chi connectivity index (χ4v) is 2.30. The molecule has 3 aromatic rings. The van der Waals surface area contributed by atoms with Gasteiger partial charge in [0, 0.05) is 4.90 Å². The molecule has 0 saturated heterocycles. The van der Waals surface area contributed by atoms with E-state index in [0.29, 0.717) is 18.1 Å². The van der Waals surface area contributed by atoms with E-state index in [-0.39, 0.29) is 0 Å². The van der Waals surface area contributed by atoms with Crippen LogP contribution in [-0.2, 0) is 0 Å². The van der Waals surface area contributed by atoms with Crippen LogP contribution in [0.25, 0.3) is 22.6 Å². The van der Waals surface area contributed by atoms with Crippen LogP contribution < -0.4 is 4.74 Å². The number of nitrogens with zero attached hydrogens (tertiary/aromatic N) is 3. The average molecular weight is 286 g/mol. The van der Waals surface area contributed by atoms with Gasteiger partial charge in [-0.05, 0) is 25.5 Å². The van der Waals surface area contributed by atoms with Crippen molar-refractivity contribution in [3.8, 4) is 17.1 Å². The summed E-state index contributed by atoms with van der Waals surface area (Å²) < 4.78 is 5.73. The molecule has 20 heavy (non-hydrogen) atoms. The van der Waals surface area contributed by atoms with Crippen LogP contribution in [0.3, 0.4) is 0 Å². The van der Waals surface area contributed by atoms with Gasteiger partial charge in [0.05, 0.1) is 18.4 Å². The summed E-state index contributed by atoms with van der Waals surface area (Å²) in [6.07, 6.45) is 3.19. The zero-order valence-corrected chi connectivity index (χ0v) is 12.1. The molecule has 0 fully saturated rings. The van der Waals surface area contributed by atoms with Crippen LogP contribution in [0.5, 0.6) is 5.75 Å². The molecule has 0 saturated carbocycles. The summed E-state index contributed by atoms with van der Waals surface area (Å²) in [4.78, 5) is 16.6. The minimum atomic E-state index is 0.573. The second kappa shape index (κ2) is 5.13. The molecule has 3 rings (SSSR count). The smallest absolute Gasteiger partial charge is 0.181 e. The second-order valence-electron chi connectivity index (χ2n) is 4.39. The number of ether oxygens (including phenoxy) is 1. The van der Waals surface area contributed by atoms with Gasteiger partial charge in [-0.15, -0.1) is 12.6 Å². The Hall–Kier alpha value is -2.08. The van der Waals surface area contributed by atoms with E-state index in [1.165, 1.54) is 6.33 Å². The Balaban J connectivity index is 2.20. The van der Waals surface area contributed by atoms with Crippen LogP contribution in [0.4, 0.5) is 0 Å². The summed E-state index contributed by atoms with van der Waals surface area (Å²) >= 11 is 4.53. The van der Waals surface area contributed by atoms with Crippen molar-refractivity contribution in [3.63, 3.8) is 0 Å². The zero-order chi connectivity index (χ0) is 14.1. The van der Waals surface area contributed by atoms with Gasteiger partial charge in [0.15, 0.2) is 5.65 Å². The molecule has 6 heteroatoms. The molecule has 2 heterocycles. The average Bonchev–Trinajstić information content (AvgIpc) is 2.88. The van der Waals surface area contributed by atoms with Crippen LogP contribution in [-0.4, -0.2) is 26.5 Å². The first-order valence-electron chi connectivity index (χ1n) is 6.32. The molecular formula is C14H14N4OS. The van der Waals surface area contributed by atoms with E-state index < -0.39 is 0 Å². The molecule has 2 aromatic heterocycles. The van der Waals surface area contributed by atoms with Crippen LogP contribution in [0.1, 0.15) is 12.5 Å². The van der Waals surface area contributed by atoms with Crippen molar-refractivity contribution >= 4 is 23.8 Å². The summed E-state index contributed by atoms with van der Waals surface area (Å²) in [5.41, 5.74) is 3.38. The highest BCUT2D eigenvalue weighted by molar-refractivity contribution is 7.80. The number of imidazole rings is 1. The quantitative estimate of drug-likeness (QED) is 0.726. The molecule has 1 N–H and O–H groups in total. The van der Waals surface area contributed by atoms with E-state index in [0.717, 1.165) is 27.3 Å². The first-order chi connectivity index (χ1) is 9.70. The number of hydrogen-bond acceptors (Lipinski definition) is 5. The van der Waals surface area contributed by atoms with Crippen molar-refractivity contribution in [1.82, 2.24) is 19.9 Å². The fourth-order valence-electron chi connectivity index (χ4n) is 2.04. The number of hydrogen-bond donors (Lipinski definition) is 2. The highest BCUT2D eigenvalue weighted by Gasteiger charge is 2.15. The molecule has 0 bridgehead atoms. The van der Waals surface area contributed by atoms with E-state index in [2.05, 4.69) is 32.6 Å². The van der Waals surface area contributed by atoms with Crippen molar-refractivity contribution in [3.05, 3.63) is 30.2 Å². The van der Waals surface area contributed by atoms with Gasteiger partial charge in [-0.1, -0.05) is 6.07 Å². The molecule has 0 radical (unpaired) electrons. The third kappa shape index (κ3) is 2.12. The van der Waals surface area contributed by atoms with E-state index in [4.69, 9.17) is 4.74 Å². The summed E-state index contributed by atoms with van der Waals surface area (Å²) in [5, 5.41) is 0. The predicted octanol–water partition coefficient (Wildman–Crippen LogP) is 3.02. The predicted molar refractivity (Wildman–Crippen MR) is 80.3 cm³/mol. The zero-order valence-electron chi connectivity index (χ0n) is 11.2. The van der Waals surface area contributed by atoms with E-state index in [9.17, 15) is 0 Å². The van der Waals surface area contributed by atoms with Crippen LogP contribution >= 0.6 is 12.6 Å². The number of aromatic nitrogens is 4. The summed E-state index contributed by atoms with van der Waals surface area (Å²) in [6.45, 7) is 4.52. The van der Waals surface area contributed by atoms with Crippen LogP contribution in [0.2, 0.25) is 0 Å². The third-order valence-corrected chi connectivity index (χ3v) is 3.59. The number of nitrogens with one attached hydrogen (secondary N) is 1. The Morgan fingerprint density at radius 1 is 1.35 bits per heavy atom. The Bertz CT molecular complexity index is 736. The molecule has 0 aliphatic heterocycles. The minimum Gasteiger partial charge on any atom is -0.492 e. The first-order valence-corrected chi connectivity index (χ1v) is 6.77. The molecule has 0 aliphatic rings. The summed E-state index contributed by atoms with van der Waals surface area (Å²) in [7, 11) is 0. The molecule has 0 amide bonds. The highest BCUT2D eigenvalue weighted by Crippen LogP contribution is 2.36. The van der Waals surface area contributed by atoms with E-state index in [1.807, 2.05) is 26.0 Å². The Kier molecular flexibility index (Phi) is 3.31. The van der Waals surface area contributed by atoms with Gasteiger partial charge in [-0.2, -0.15) is 0 Å². The van der Waals surface area contributed by atoms with Gasteiger partial charge in [-0.25, -0.2) is 15.0 Å². The van der Waals surface area contributed by atoms with Gasteiger partial charge in [0.2, 0.25) is 0 Å². The monoisotopic (exact) mass is 286 g/mol. The number of thiol groups is 1. The fraction of sp³-hybridized carbons (Fsp3) is 0.214. The lowest BCUT2D eigenvalue weighted by Gasteiger charge is -2.12. The molecule has 0 atom stereocenters. The van der Waals surface area contributed by atoms with Gasteiger partial charge in [0.1, 0.15) is 23.4 Å². The topological polar surface area (TPSA) is 63.7 Å². The van der Waals surface area contributed by atoms with Gasteiger partial charge in [0.25, 0.3) is 0 Å². The third-order valence-electron chi connectivity index (χ3n) is 3.04. The Morgan fingerprint density at radius 2 is 2.20 bits per heavy atom. The number of H-pyrrole nitrogens is 1. The molecule has 0 spiro atoms. The Labute approximate surface area is 121 Å². The van der Waals surface area contributed by atoms with Crippen molar-refractivity contribution in [2.75, 3.05) is 6.61 Å². The number of aryl methyl sites for hydroxylation is 1. The van der Waals surface area contributed by atoms with E-state index >= 15 is 0 Å². The van der Waals surface area contributed by atoms with Gasteiger partial charge < -0.3 is 9.72 Å². The summed E-state index contributed by atoms with van der Waals surface area (Å²) in [6, 6.07) is 3.98. The van der Waals surface area contributed by atoms with Crippen LogP contribution in [0, 0.1) is 6.92 Å². The maximum atomic E-state index is 5.73. The van der Waals surface area contributed by atoms with Crippen LogP contribution in [0.15, 0.2) is 29.6 Å². The molecule has 102 valence electrons. The minimum absolute atomic E-state index is 0.573. The standard InChI is InChI=1S/C14H14N4OS/c1-3-19-11-9(5-4-8(2)12(11)20)13-17-10-6-15-7-16-14(10)18-13/h4-7,20H,3H2,1-2H3,(H,15,16,17,18). The lowest BCUT2D eigenvalue weighted by molar-refractivity contribution is 0.333. The van der Waals surface area contributed by atoms with Crippen molar-refractivity contribution in [1.29, 1.82) is 0 Å². The van der Waals surface area contributed by atoms with Crippen molar-refractivity contribution in [2.24, 2.45) is 0 Å². The van der Waals surface area contributed by atoms with Crippen molar-refractivity contribution in [2.45, 2.75) is 18.7 Å². The lowest BCUT2D eigenvalue weighted by atomic mass is 10.1. The lowest BCUT2D eigenvalue weighted by Crippen LogP contribution is -1.97. The number of benzene rings is 1. The van der Waals surface area contributed by atoms with E-state index in [1.54, 1.807) is 6.20 Å². The first kappa shape index (κ1) is 12.9. The summed E-state index contributed by atoms with van der Waals surface area (Å²) in [5.74, 6) is 1.45. The number of aromatic amines is 1. The Morgan fingerprint density at radius 3 is 2.95 bits per heavy atom. The number of fused-ring (bicyclic) bond motifs is 1. The molecule has 0 aliphatic carbocycles. The second-order valence-corrected chi connectivity index (χ2v) is 4.83. The molecule has 5 nitrogen and oxygen atoms in total. The SMILES string of the molecule is CCOc1c(-c2nc3ncncc3[nH]2)ccc(C)c1S. The van der Waals surface area contributed by atoms with Crippen molar-refractivity contribution < 1.29 is 4.74 Å². The largest absolute Gasteiger partial charge is 0.492 e.